The number of carbonyl (C=O) groups excluding carboxylic acids is 1. The Hall–Kier alpha value is -4.15. The topological polar surface area (TPSA) is 276 Å². The normalized spacial score (nSPS) is 13.9. The summed E-state index contributed by atoms with van der Waals surface area (Å²) in [4.78, 5) is 31.4. The highest BCUT2D eigenvalue weighted by Gasteiger charge is 2.21. The van der Waals surface area contributed by atoms with Gasteiger partial charge in [-0.25, -0.2) is 0 Å². The van der Waals surface area contributed by atoms with E-state index in [0.29, 0.717) is 23.5 Å². The van der Waals surface area contributed by atoms with Crippen molar-refractivity contribution in [2.45, 2.75) is 38.5 Å². The second kappa shape index (κ2) is 17.7. The minimum atomic E-state index is -0.606. The molecule has 1 aromatic heterocycles. The SMILES string of the molecule is COc1cccc(O)c1C(=O)Nc1ccc(Nc2nc(N3CCCCC3)nc(N3CCCCC3)n2)cc1O.Cl.N.N.N.N.[HH].[HH].[HH].[HH]. The second-order valence-corrected chi connectivity index (χ2v) is 9.52. The summed E-state index contributed by atoms with van der Waals surface area (Å²) >= 11 is 0. The van der Waals surface area contributed by atoms with Crippen molar-refractivity contribution in [3.05, 3.63) is 42.0 Å². The molecule has 0 atom stereocenters. The molecule has 0 saturated carbocycles. The lowest BCUT2D eigenvalue weighted by molar-refractivity contribution is 0.102. The van der Waals surface area contributed by atoms with Crippen LogP contribution in [0.5, 0.6) is 17.2 Å². The Morgan fingerprint density at radius 1 is 0.814 bits per heavy atom. The number of rotatable bonds is 7. The lowest BCUT2D eigenvalue weighted by Crippen LogP contribution is -2.34. The molecule has 16 heteroatoms. The number of ether oxygens (including phenoxy) is 1. The van der Waals surface area contributed by atoms with Gasteiger partial charge in [-0.2, -0.15) is 15.0 Å². The van der Waals surface area contributed by atoms with Crippen molar-refractivity contribution in [1.82, 2.24) is 39.6 Å². The van der Waals surface area contributed by atoms with Gasteiger partial charge in [0.05, 0.1) is 12.8 Å². The monoisotopic (exact) mass is 631 g/mol. The fourth-order valence-corrected chi connectivity index (χ4v) is 4.83. The molecule has 3 heterocycles. The van der Waals surface area contributed by atoms with E-state index in [4.69, 9.17) is 9.72 Å². The molecule has 3 aromatic rings. The second-order valence-electron chi connectivity index (χ2n) is 9.52. The third-order valence-electron chi connectivity index (χ3n) is 6.84. The fraction of sp³-hybridized carbons (Fsp3) is 0.407. The minimum absolute atomic E-state index is 0. The van der Waals surface area contributed by atoms with Gasteiger partial charge in [-0.15, -0.1) is 12.4 Å². The van der Waals surface area contributed by atoms with Crippen molar-refractivity contribution in [3.63, 3.8) is 0 Å². The van der Waals surface area contributed by atoms with Crippen molar-refractivity contribution < 1.29 is 25.5 Å². The highest BCUT2D eigenvalue weighted by molar-refractivity contribution is 6.08. The summed E-state index contributed by atoms with van der Waals surface area (Å²) in [6, 6.07) is 9.32. The maximum absolute atomic E-state index is 12.8. The van der Waals surface area contributed by atoms with Gasteiger partial charge in [0, 0.05) is 43.6 Å². The number of nitrogens with one attached hydrogen (secondary N) is 2. The zero-order chi connectivity index (χ0) is 26.5. The molecule has 0 bridgehead atoms. The Labute approximate surface area is 264 Å². The van der Waals surface area contributed by atoms with Crippen molar-refractivity contribution >= 4 is 47.5 Å². The summed E-state index contributed by atoms with van der Waals surface area (Å²) in [5.74, 6) is 0.967. The number of amides is 1. The molecule has 2 fully saturated rings. The summed E-state index contributed by atoms with van der Waals surface area (Å²) in [5, 5.41) is 26.6. The van der Waals surface area contributed by atoms with Gasteiger partial charge in [0.1, 0.15) is 22.8 Å². The maximum Gasteiger partial charge on any atom is 0.263 e. The maximum atomic E-state index is 12.8. The Morgan fingerprint density at radius 2 is 1.37 bits per heavy atom. The molecular weight excluding hydrogens is 578 g/mol. The van der Waals surface area contributed by atoms with E-state index in [1.165, 1.54) is 32.1 Å². The number of nitrogens with zero attached hydrogens (tertiary/aromatic N) is 5. The number of piperidine rings is 2. The van der Waals surface area contributed by atoms with Crippen molar-refractivity contribution in [1.29, 1.82) is 0 Å². The first-order valence-corrected chi connectivity index (χ1v) is 13.0. The van der Waals surface area contributed by atoms with Crippen molar-refractivity contribution in [2.24, 2.45) is 0 Å². The van der Waals surface area contributed by atoms with Gasteiger partial charge >= 0.3 is 0 Å². The quantitative estimate of drug-likeness (QED) is 0.132. The van der Waals surface area contributed by atoms with Crippen LogP contribution >= 0.6 is 12.4 Å². The number of phenols is 2. The van der Waals surface area contributed by atoms with Crippen LogP contribution in [0.15, 0.2) is 36.4 Å². The molecule has 248 valence electrons. The van der Waals surface area contributed by atoms with Gasteiger partial charge in [-0.1, -0.05) is 6.07 Å². The van der Waals surface area contributed by atoms with E-state index in [9.17, 15) is 15.0 Å². The lowest BCUT2D eigenvalue weighted by Gasteiger charge is -2.30. The van der Waals surface area contributed by atoms with Crippen molar-refractivity contribution in [2.75, 3.05) is 53.7 Å². The molecular formula is C27H54ClN11O4. The number of halogens is 1. The molecule has 1 amide bonds. The Kier molecular flexibility index (Phi) is 16.0. The van der Waals surface area contributed by atoms with Crippen LogP contribution in [-0.4, -0.2) is 64.4 Å². The molecule has 2 aromatic carbocycles. The number of aromatic nitrogens is 3. The number of anilines is 5. The Bertz CT molecular complexity index is 1290. The molecule has 0 spiro atoms. The third kappa shape index (κ3) is 9.17. The van der Waals surface area contributed by atoms with E-state index in [1.807, 2.05) is 0 Å². The van der Waals surface area contributed by atoms with E-state index in [1.54, 1.807) is 24.3 Å². The first kappa shape index (κ1) is 38.9. The van der Waals surface area contributed by atoms with Gasteiger partial charge in [0.15, 0.2) is 0 Å². The lowest BCUT2D eigenvalue weighted by atomic mass is 10.1. The number of phenolic OH excluding ortho intramolecular Hbond substituents is 2. The van der Waals surface area contributed by atoms with Gasteiger partial charge in [-0.05, 0) is 62.8 Å². The smallest absolute Gasteiger partial charge is 0.263 e. The van der Waals surface area contributed by atoms with Crippen LogP contribution in [0.2, 0.25) is 0 Å². The van der Waals surface area contributed by atoms with Crippen LogP contribution in [0.25, 0.3) is 0 Å². The van der Waals surface area contributed by atoms with Crippen LogP contribution in [0, 0.1) is 0 Å². The molecule has 2 saturated heterocycles. The standard InChI is InChI=1S/C27H33N7O4.ClH.4H3N.4H2/c1-38-22-10-8-9-20(35)23(22)24(37)29-19-12-11-18(17-21(19)36)28-25-30-26(33-13-4-2-5-14-33)32-27(31-25)34-15-6-3-7-16-34;;;;;;;;;/h8-12,17,35-36H,2-7,13-16H2,1H3,(H,29,37)(H,28,30,31,32);1H;4*1H3;4*1H. The summed E-state index contributed by atoms with van der Waals surface area (Å²) in [6.07, 6.45) is 6.87. The van der Waals surface area contributed by atoms with E-state index >= 15 is 0 Å². The van der Waals surface area contributed by atoms with Crippen LogP contribution in [0.1, 0.15) is 54.6 Å². The zero-order valence-corrected chi connectivity index (χ0v) is 25.5. The fourth-order valence-electron chi connectivity index (χ4n) is 4.83. The Morgan fingerprint density at radius 3 is 1.88 bits per heavy atom. The molecule has 2 aliphatic heterocycles. The molecule has 16 N–H and O–H groups in total. The van der Waals surface area contributed by atoms with E-state index in [-0.39, 0.29) is 71.2 Å². The molecule has 2 aliphatic rings. The minimum Gasteiger partial charge on any atom is -0.507 e. The van der Waals surface area contributed by atoms with E-state index in [0.717, 1.165) is 51.9 Å². The summed E-state index contributed by atoms with van der Waals surface area (Å²) in [5.41, 5.74) is 0.725. The van der Waals surface area contributed by atoms with Crippen LogP contribution in [0.3, 0.4) is 0 Å². The van der Waals surface area contributed by atoms with Gasteiger partial charge in [0.25, 0.3) is 5.91 Å². The van der Waals surface area contributed by atoms with Crippen LogP contribution < -0.4 is 49.8 Å². The molecule has 43 heavy (non-hydrogen) atoms. The van der Waals surface area contributed by atoms with Gasteiger partial charge < -0.3 is 60.0 Å². The Balaban J connectivity index is -0.000000653. The van der Waals surface area contributed by atoms with Gasteiger partial charge in [0.2, 0.25) is 17.8 Å². The average Bonchev–Trinajstić information content (AvgIpc) is 2.95. The molecule has 0 aliphatic carbocycles. The number of hydrogen-bond acceptors (Lipinski definition) is 14. The first-order chi connectivity index (χ1) is 18.5. The first-order valence-electron chi connectivity index (χ1n) is 13.0. The molecule has 0 unspecified atom stereocenters. The van der Waals surface area contributed by atoms with Crippen LogP contribution in [-0.2, 0) is 0 Å². The number of methoxy groups -OCH3 is 1. The molecule has 15 nitrogen and oxygen atoms in total. The number of carbonyl (C=O) groups is 1. The average molecular weight is 632 g/mol. The zero-order valence-electron chi connectivity index (χ0n) is 24.7. The van der Waals surface area contributed by atoms with E-state index < -0.39 is 5.91 Å². The highest BCUT2D eigenvalue weighted by atomic mass is 35.5. The molecule has 0 radical (unpaired) electrons. The summed E-state index contributed by atoms with van der Waals surface area (Å²) in [7, 11) is 1.41. The number of aromatic hydroxyl groups is 2. The summed E-state index contributed by atoms with van der Waals surface area (Å²) in [6.45, 7) is 3.67. The van der Waals surface area contributed by atoms with Gasteiger partial charge in [-0.3, -0.25) is 4.79 Å². The van der Waals surface area contributed by atoms with E-state index in [2.05, 4.69) is 30.4 Å². The van der Waals surface area contributed by atoms with Crippen molar-refractivity contribution in [3.8, 4) is 17.2 Å². The predicted octanol–water partition coefficient (Wildman–Crippen LogP) is 6.32. The number of benzene rings is 2. The third-order valence-corrected chi connectivity index (χ3v) is 6.84. The number of hydrogen-bond donors (Lipinski definition) is 8. The van der Waals surface area contributed by atoms with Crippen LogP contribution in [0.4, 0.5) is 29.2 Å². The molecule has 5 rings (SSSR count). The summed E-state index contributed by atoms with van der Waals surface area (Å²) < 4.78 is 5.19. The largest absolute Gasteiger partial charge is 0.507 e. The highest BCUT2D eigenvalue weighted by Crippen LogP contribution is 2.32. The predicted molar refractivity (Wildman–Crippen MR) is 182 cm³/mol.